The Balaban J connectivity index is 1.87. The molecule has 98 valence electrons. The molecule has 0 bridgehead atoms. The van der Waals surface area contributed by atoms with Gasteiger partial charge in [-0.25, -0.2) is 0 Å². The molecule has 19 heavy (non-hydrogen) atoms. The molecule has 1 heterocycles. The molecule has 3 rings (SSSR count). The molecular weight excluding hydrogens is 292 g/mol. The smallest absolute Gasteiger partial charge is 0.0699 e. The maximum Gasteiger partial charge on any atom is 0.0699 e. The molecule has 3 heteroatoms. The number of hydrogen-bond donors (Lipinski definition) is 0. The van der Waals surface area contributed by atoms with Crippen LogP contribution in [0.1, 0.15) is 12.0 Å². The normalized spacial score (nSPS) is 17.8. The summed E-state index contributed by atoms with van der Waals surface area (Å²) in [6, 6.07) is 14.8. The van der Waals surface area contributed by atoms with Gasteiger partial charge in [-0.15, -0.1) is 23.5 Å². The van der Waals surface area contributed by atoms with Crippen LogP contribution in [-0.4, -0.2) is 16.1 Å². The van der Waals surface area contributed by atoms with Gasteiger partial charge in [0.05, 0.1) is 4.58 Å². The minimum atomic E-state index is 0.507. The molecule has 0 aliphatic carbocycles. The Kier molecular flexibility index (Phi) is 4.42. The van der Waals surface area contributed by atoms with Crippen molar-refractivity contribution in [3.8, 4) is 0 Å². The Bertz CT molecular complexity index is 600. The summed E-state index contributed by atoms with van der Waals surface area (Å²) < 4.78 is 0.507. The van der Waals surface area contributed by atoms with Gasteiger partial charge in [0.15, 0.2) is 0 Å². The van der Waals surface area contributed by atoms with E-state index in [1.54, 1.807) is 0 Å². The van der Waals surface area contributed by atoms with Crippen LogP contribution in [0.5, 0.6) is 0 Å². The lowest BCUT2D eigenvalue weighted by Crippen LogP contribution is -2.03. The minimum Gasteiger partial charge on any atom is -0.143 e. The molecule has 1 aliphatic rings. The summed E-state index contributed by atoms with van der Waals surface area (Å²) in [6.45, 7) is 0. The Labute approximate surface area is 127 Å². The Morgan fingerprint density at radius 2 is 1.79 bits per heavy atom. The molecule has 0 atom stereocenters. The molecule has 2 aromatic rings. The number of rotatable bonds is 2. The van der Waals surface area contributed by atoms with Crippen molar-refractivity contribution in [2.24, 2.45) is 0 Å². The van der Waals surface area contributed by atoms with Gasteiger partial charge in [0.25, 0.3) is 0 Å². The molecule has 1 fully saturated rings. The first-order chi connectivity index (χ1) is 9.33. The zero-order valence-electron chi connectivity index (χ0n) is 10.5. The molecule has 1 saturated heterocycles. The number of hydrogen-bond acceptors (Lipinski definition) is 2. The zero-order valence-corrected chi connectivity index (χ0v) is 12.9. The molecule has 0 radical (unpaired) electrons. The van der Waals surface area contributed by atoms with Gasteiger partial charge < -0.3 is 0 Å². The van der Waals surface area contributed by atoms with Crippen molar-refractivity contribution in [1.82, 2.24) is 0 Å². The summed E-state index contributed by atoms with van der Waals surface area (Å²) in [7, 11) is 0. The van der Waals surface area contributed by atoms with E-state index in [1.165, 1.54) is 28.7 Å². The average molecular weight is 307 g/mol. The highest BCUT2D eigenvalue weighted by atomic mass is 35.5. The van der Waals surface area contributed by atoms with E-state index in [9.17, 15) is 0 Å². The maximum atomic E-state index is 6.47. The second-order valence-electron chi connectivity index (χ2n) is 4.54. The van der Waals surface area contributed by atoms with Crippen LogP contribution in [0.15, 0.2) is 48.5 Å². The Hall–Kier alpha value is -0.570. The van der Waals surface area contributed by atoms with Crippen LogP contribution < -0.4 is 0 Å². The fourth-order valence-electron chi connectivity index (χ4n) is 2.16. The van der Waals surface area contributed by atoms with E-state index in [0.717, 1.165) is 10.6 Å². The standard InChI is InChI=1S/C16H15ClS2/c17-15(11-16-18-8-3-9-19-16)14-7-6-12-4-1-2-5-13(12)10-14/h1-2,4-7,10-11,16H,3,8-9H2. The second kappa shape index (κ2) is 6.25. The lowest BCUT2D eigenvalue weighted by atomic mass is 10.1. The zero-order chi connectivity index (χ0) is 13.1. The Morgan fingerprint density at radius 1 is 1.05 bits per heavy atom. The van der Waals surface area contributed by atoms with Gasteiger partial charge in [-0.1, -0.05) is 48.0 Å². The summed E-state index contributed by atoms with van der Waals surface area (Å²) >= 11 is 10.5. The predicted molar refractivity (Wildman–Crippen MR) is 91.1 cm³/mol. The Morgan fingerprint density at radius 3 is 2.58 bits per heavy atom. The minimum absolute atomic E-state index is 0.507. The molecule has 0 N–H and O–H groups in total. The van der Waals surface area contributed by atoms with Crippen LogP contribution in [0, 0.1) is 0 Å². The van der Waals surface area contributed by atoms with Crippen LogP contribution >= 0.6 is 35.1 Å². The molecule has 0 unspecified atom stereocenters. The first kappa shape index (κ1) is 13.4. The summed E-state index contributed by atoms with van der Waals surface area (Å²) in [4.78, 5) is 0. The molecule has 0 nitrogen and oxygen atoms in total. The van der Waals surface area contributed by atoms with E-state index >= 15 is 0 Å². The van der Waals surface area contributed by atoms with Crippen molar-refractivity contribution in [3.05, 3.63) is 54.1 Å². The van der Waals surface area contributed by atoms with E-state index in [2.05, 4.69) is 48.5 Å². The third-order valence-corrected chi connectivity index (χ3v) is 6.30. The van der Waals surface area contributed by atoms with Crippen LogP contribution in [-0.2, 0) is 0 Å². The van der Waals surface area contributed by atoms with Gasteiger partial charge in [-0.3, -0.25) is 0 Å². The number of fused-ring (bicyclic) bond motifs is 1. The highest BCUT2D eigenvalue weighted by Crippen LogP contribution is 2.35. The fourth-order valence-corrected chi connectivity index (χ4v) is 5.24. The van der Waals surface area contributed by atoms with E-state index < -0.39 is 0 Å². The van der Waals surface area contributed by atoms with Crippen molar-refractivity contribution >= 4 is 50.9 Å². The van der Waals surface area contributed by atoms with Crippen LogP contribution in [0.3, 0.4) is 0 Å². The van der Waals surface area contributed by atoms with Crippen LogP contribution in [0.4, 0.5) is 0 Å². The summed E-state index contributed by atoms with van der Waals surface area (Å²) in [5.41, 5.74) is 1.12. The van der Waals surface area contributed by atoms with Gasteiger partial charge in [0.1, 0.15) is 0 Å². The lowest BCUT2D eigenvalue weighted by Gasteiger charge is -2.18. The second-order valence-corrected chi connectivity index (χ2v) is 7.74. The van der Waals surface area contributed by atoms with Crippen molar-refractivity contribution in [2.75, 3.05) is 11.5 Å². The van der Waals surface area contributed by atoms with Crippen molar-refractivity contribution in [1.29, 1.82) is 0 Å². The third kappa shape index (κ3) is 3.31. The molecule has 2 aromatic carbocycles. The van der Waals surface area contributed by atoms with Crippen molar-refractivity contribution in [2.45, 2.75) is 11.0 Å². The fraction of sp³-hybridized carbons (Fsp3) is 0.250. The van der Waals surface area contributed by atoms with Gasteiger partial charge in [-0.2, -0.15) is 0 Å². The molecular formula is C16H15ClS2. The molecule has 0 amide bonds. The monoisotopic (exact) mass is 306 g/mol. The average Bonchev–Trinajstić information content (AvgIpc) is 2.48. The van der Waals surface area contributed by atoms with E-state index in [1.807, 2.05) is 23.5 Å². The number of benzene rings is 2. The van der Waals surface area contributed by atoms with Gasteiger partial charge in [-0.05, 0) is 46.4 Å². The topological polar surface area (TPSA) is 0 Å². The van der Waals surface area contributed by atoms with E-state index in [4.69, 9.17) is 11.6 Å². The third-order valence-electron chi connectivity index (χ3n) is 3.16. The largest absolute Gasteiger partial charge is 0.143 e. The van der Waals surface area contributed by atoms with Crippen molar-refractivity contribution < 1.29 is 0 Å². The van der Waals surface area contributed by atoms with Gasteiger partial charge in [0.2, 0.25) is 0 Å². The molecule has 0 spiro atoms. The lowest BCUT2D eigenvalue weighted by molar-refractivity contribution is 1.11. The molecule has 0 saturated carbocycles. The molecule has 1 aliphatic heterocycles. The van der Waals surface area contributed by atoms with Gasteiger partial charge in [0, 0.05) is 5.03 Å². The van der Waals surface area contributed by atoms with Gasteiger partial charge >= 0.3 is 0 Å². The quantitative estimate of drug-likeness (QED) is 0.706. The number of halogens is 1. The molecule has 0 aromatic heterocycles. The summed E-state index contributed by atoms with van der Waals surface area (Å²) in [6.07, 6.45) is 3.51. The maximum absolute atomic E-state index is 6.47. The summed E-state index contributed by atoms with van der Waals surface area (Å²) in [5, 5.41) is 3.38. The predicted octanol–water partition coefficient (Wildman–Crippen LogP) is 5.62. The van der Waals surface area contributed by atoms with Crippen LogP contribution in [0.25, 0.3) is 15.8 Å². The first-order valence-corrected chi connectivity index (χ1v) is 8.90. The van der Waals surface area contributed by atoms with E-state index in [0.29, 0.717) is 4.58 Å². The van der Waals surface area contributed by atoms with Crippen LogP contribution in [0.2, 0.25) is 0 Å². The first-order valence-electron chi connectivity index (χ1n) is 6.43. The van der Waals surface area contributed by atoms with E-state index in [-0.39, 0.29) is 0 Å². The summed E-state index contributed by atoms with van der Waals surface area (Å²) in [5.74, 6) is 2.49. The van der Waals surface area contributed by atoms with Crippen molar-refractivity contribution in [3.63, 3.8) is 0 Å². The highest BCUT2D eigenvalue weighted by molar-refractivity contribution is 8.17. The SMILES string of the molecule is ClC(=CC1SCCCS1)c1ccc2ccccc2c1. The highest BCUT2D eigenvalue weighted by Gasteiger charge is 2.13. The number of thioether (sulfide) groups is 2.